The Morgan fingerprint density at radius 3 is 2.32 bits per heavy atom. The molecule has 3 aliphatic rings. The Labute approximate surface area is 241 Å². The number of carboxylic acid groups (broad SMARTS) is 2. The minimum atomic E-state index is -3.36. The number of nitrogens with zero attached hydrogens (tertiary/aromatic N) is 1. The van der Waals surface area contributed by atoms with Gasteiger partial charge in [-0.15, -0.1) is 0 Å². The lowest BCUT2D eigenvalue weighted by Gasteiger charge is -2.38. The Morgan fingerprint density at radius 2 is 1.76 bits per heavy atom. The molecule has 2 aliphatic carbocycles. The van der Waals surface area contributed by atoms with Crippen LogP contribution in [-0.2, 0) is 34.6 Å². The van der Waals surface area contributed by atoms with Crippen molar-refractivity contribution in [2.24, 2.45) is 11.8 Å². The van der Waals surface area contributed by atoms with E-state index in [4.69, 9.17) is 9.84 Å². The molecule has 0 aromatic heterocycles. The number of carbonyl (C=O) groups is 3. The molecule has 1 heterocycles. The second kappa shape index (κ2) is 11.9. The predicted molar refractivity (Wildman–Crippen MR) is 151 cm³/mol. The highest BCUT2D eigenvalue weighted by Gasteiger charge is 2.67. The van der Waals surface area contributed by atoms with Crippen molar-refractivity contribution in [1.82, 2.24) is 4.90 Å². The van der Waals surface area contributed by atoms with Crippen LogP contribution in [0, 0.1) is 11.8 Å². The lowest BCUT2D eigenvalue weighted by atomic mass is 9.81. The highest BCUT2D eigenvalue weighted by atomic mass is 32.2. The molecule has 4 N–H and O–H groups in total. The molecule has 1 aliphatic heterocycles. The number of ether oxygens (including phenoxy) is 1. The Bertz CT molecular complexity index is 1250. The molecular formula is C29H42N2O9S. The molecule has 4 rings (SSSR count). The van der Waals surface area contributed by atoms with Gasteiger partial charge in [-0.05, 0) is 81.0 Å². The van der Waals surface area contributed by atoms with Crippen molar-refractivity contribution in [2.75, 3.05) is 30.6 Å². The van der Waals surface area contributed by atoms with Gasteiger partial charge in [0.2, 0.25) is 10.0 Å². The van der Waals surface area contributed by atoms with Crippen LogP contribution in [0.1, 0.15) is 76.7 Å². The number of benzene rings is 1. The minimum absolute atomic E-state index is 0.0443. The summed E-state index contributed by atoms with van der Waals surface area (Å²) in [6.45, 7) is 4.90. The van der Waals surface area contributed by atoms with Crippen LogP contribution in [0.3, 0.4) is 0 Å². The topological polar surface area (TPSA) is 171 Å². The number of fused-ring (bicyclic) bond motifs is 1. The van der Waals surface area contributed by atoms with Crippen LogP contribution in [0.4, 0.5) is 5.69 Å². The maximum atomic E-state index is 12.7. The van der Waals surface area contributed by atoms with Gasteiger partial charge in [0, 0.05) is 24.2 Å². The number of aliphatic carboxylic acids is 2. The second-order valence-electron chi connectivity index (χ2n) is 12.2. The van der Waals surface area contributed by atoms with Crippen LogP contribution < -0.4 is 4.72 Å². The fourth-order valence-corrected chi connectivity index (χ4v) is 8.00. The zero-order valence-corrected chi connectivity index (χ0v) is 24.6. The van der Waals surface area contributed by atoms with Gasteiger partial charge in [0.15, 0.2) is 5.60 Å². The van der Waals surface area contributed by atoms with Crippen molar-refractivity contribution in [3.05, 3.63) is 29.8 Å². The average molecular weight is 595 g/mol. The van der Waals surface area contributed by atoms with Crippen LogP contribution in [0.15, 0.2) is 24.3 Å². The van der Waals surface area contributed by atoms with E-state index in [-0.39, 0.29) is 5.41 Å². The minimum Gasteiger partial charge on any atom is -0.481 e. The summed E-state index contributed by atoms with van der Waals surface area (Å²) in [6, 6.07) is 7.70. The quantitative estimate of drug-likeness (QED) is 0.235. The lowest BCUT2D eigenvalue weighted by molar-refractivity contribution is -0.180. The Balaban J connectivity index is 1.33. The highest BCUT2D eigenvalue weighted by Crippen LogP contribution is 2.65. The van der Waals surface area contributed by atoms with Crippen LogP contribution in [0.25, 0.3) is 0 Å². The van der Waals surface area contributed by atoms with Crippen LogP contribution in [-0.4, -0.2) is 83.6 Å². The molecule has 0 bridgehead atoms. The molecule has 3 fully saturated rings. The van der Waals surface area contributed by atoms with Crippen molar-refractivity contribution in [3.63, 3.8) is 0 Å². The van der Waals surface area contributed by atoms with E-state index in [1.165, 1.54) is 5.56 Å². The van der Waals surface area contributed by atoms with Gasteiger partial charge in [-0.25, -0.2) is 13.2 Å². The van der Waals surface area contributed by atoms with Crippen molar-refractivity contribution in [3.8, 4) is 0 Å². The summed E-state index contributed by atoms with van der Waals surface area (Å²) in [5.41, 5.74) is -1.65. The van der Waals surface area contributed by atoms with E-state index in [1.54, 1.807) is 6.07 Å². The number of hydrogen-bond acceptors (Lipinski definition) is 8. The monoisotopic (exact) mass is 594 g/mol. The summed E-state index contributed by atoms with van der Waals surface area (Å²) in [4.78, 5) is 37.7. The van der Waals surface area contributed by atoms with Crippen molar-refractivity contribution in [2.45, 2.75) is 87.7 Å². The predicted octanol–water partition coefficient (Wildman–Crippen LogP) is 2.97. The molecule has 228 valence electrons. The molecule has 11 nitrogen and oxygen atoms in total. The molecule has 0 amide bonds. The number of nitrogens with one attached hydrogen (secondary N) is 1. The number of sulfonamides is 1. The molecule has 1 aromatic rings. The molecule has 12 heteroatoms. The lowest BCUT2D eigenvalue weighted by Crippen LogP contribution is -2.45. The van der Waals surface area contributed by atoms with Crippen molar-refractivity contribution >= 4 is 33.6 Å². The number of esters is 1. The number of carbonyl (C=O) groups excluding carboxylic acids is 1. The Hall–Kier alpha value is -2.70. The van der Waals surface area contributed by atoms with Gasteiger partial charge in [0.1, 0.15) is 5.60 Å². The van der Waals surface area contributed by atoms with Crippen molar-refractivity contribution in [1.29, 1.82) is 0 Å². The first-order chi connectivity index (χ1) is 19.2. The van der Waals surface area contributed by atoms with Crippen LogP contribution in [0.5, 0.6) is 0 Å². The fourth-order valence-electron chi connectivity index (χ4n) is 7.45. The summed E-state index contributed by atoms with van der Waals surface area (Å²) in [7, 11) is -3.36. The van der Waals surface area contributed by atoms with E-state index in [1.807, 2.05) is 12.1 Å². The molecule has 0 radical (unpaired) electrons. The normalized spacial score (nSPS) is 26.9. The van der Waals surface area contributed by atoms with Gasteiger partial charge in [0.05, 0.1) is 19.1 Å². The molecule has 3 atom stereocenters. The number of hydrogen-bond donors (Lipinski definition) is 4. The zero-order valence-electron chi connectivity index (χ0n) is 23.8. The SMILES string of the molecule is CCC1(c2cccc(NS(C)(=O)=O)c2)C2CN(CCCC3(OC(=O)CC(O)(CC(=O)O)C(=O)O)CCCCC3)CC21. The first-order valence-electron chi connectivity index (χ1n) is 14.4. The summed E-state index contributed by atoms with van der Waals surface area (Å²) in [6.07, 6.45) is 5.63. The standard InChI is InChI=1S/C29H42N2O9S/c1-3-29(20-9-7-10-21(15-20)30-41(2,38)39)22-18-31(19-23(22)29)14-8-13-27(11-5-4-6-12-27)40-25(34)17-28(37,26(35)36)16-24(32)33/h7,9-10,15,22-23,30,37H,3-6,8,11-14,16-19H2,1-2H3,(H,32,33)(H,35,36). The van der Waals surface area contributed by atoms with E-state index in [2.05, 4.69) is 22.6 Å². The second-order valence-corrected chi connectivity index (χ2v) is 14.0. The van der Waals surface area contributed by atoms with Crippen molar-refractivity contribution < 1.29 is 42.9 Å². The summed E-state index contributed by atoms with van der Waals surface area (Å²) in [5.74, 6) is -3.18. The number of rotatable bonds is 14. The number of carboxylic acids is 2. The summed E-state index contributed by atoms with van der Waals surface area (Å²) in [5, 5.41) is 28.6. The highest BCUT2D eigenvalue weighted by molar-refractivity contribution is 7.92. The average Bonchev–Trinajstić information content (AvgIpc) is 3.25. The van der Waals surface area contributed by atoms with E-state index < -0.39 is 52.0 Å². The first-order valence-corrected chi connectivity index (χ1v) is 16.3. The van der Waals surface area contributed by atoms with Gasteiger partial charge in [0.25, 0.3) is 0 Å². The molecule has 0 spiro atoms. The van der Waals surface area contributed by atoms with E-state index in [0.29, 0.717) is 36.8 Å². The van der Waals surface area contributed by atoms with Gasteiger partial charge >= 0.3 is 17.9 Å². The third-order valence-electron chi connectivity index (χ3n) is 9.38. The number of anilines is 1. The van der Waals surface area contributed by atoms with Gasteiger partial charge in [-0.3, -0.25) is 14.3 Å². The smallest absolute Gasteiger partial charge is 0.336 e. The number of aliphatic hydroxyl groups is 1. The maximum Gasteiger partial charge on any atom is 0.336 e. The molecule has 2 saturated carbocycles. The first kappa shape index (κ1) is 31.2. The Kier molecular flexibility index (Phi) is 9.06. The molecule has 3 unspecified atom stereocenters. The largest absolute Gasteiger partial charge is 0.481 e. The maximum absolute atomic E-state index is 12.7. The fraction of sp³-hybridized carbons (Fsp3) is 0.690. The van der Waals surface area contributed by atoms with E-state index in [0.717, 1.165) is 58.0 Å². The van der Waals surface area contributed by atoms with Gasteiger partial charge in [-0.2, -0.15) is 0 Å². The summed E-state index contributed by atoms with van der Waals surface area (Å²) >= 11 is 0. The van der Waals surface area contributed by atoms with Gasteiger partial charge in [-0.1, -0.05) is 25.5 Å². The molecular weight excluding hydrogens is 552 g/mol. The molecule has 1 saturated heterocycles. The van der Waals surface area contributed by atoms with E-state index in [9.17, 15) is 33.0 Å². The number of piperidine rings is 1. The third kappa shape index (κ3) is 7.03. The zero-order chi connectivity index (χ0) is 30.1. The van der Waals surface area contributed by atoms with E-state index >= 15 is 0 Å². The molecule has 1 aromatic carbocycles. The number of likely N-dealkylation sites (tertiary alicyclic amines) is 1. The summed E-state index contributed by atoms with van der Waals surface area (Å²) < 4.78 is 31.8. The third-order valence-corrected chi connectivity index (χ3v) is 9.98. The molecule has 41 heavy (non-hydrogen) atoms. The van der Waals surface area contributed by atoms with Crippen LogP contribution in [0.2, 0.25) is 0 Å². The van der Waals surface area contributed by atoms with Gasteiger partial charge < -0.3 is 25.0 Å². The Morgan fingerprint density at radius 1 is 1.10 bits per heavy atom. The van der Waals surface area contributed by atoms with Crippen LogP contribution >= 0.6 is 0 Å².